The van der Waals surface area contributed by atoms with Crippen LogP contribution in [-0.4, -0.2) is 48.6 Å². The minimum Gasteiger partial charge on any atom is -0.460 e. The molecule has 1 aromatic carbocycles. The van der Waals surface area contributed by atoms with Crippen molar-refractivity contribution >= 4 is 0 Å². The summed E-state index contributed by atoms with van der Waals surface area (Å²) in [6, 6.07) is 7.07. The molecule has 4 rings (SSSR count). The number of hydrogen-bond donors (Lipinski definition) is 1. The van der Waals surface area contributed by atoms with Crippen LogP contribution in [0.25, 0.3) is 0 Å². The fourth-order valence-corrected chi connectivity index (χ4v) is 3.67. The van der Waals surface area contributed by atoms with Gasteiger partial charge in [0, 0.05) is 44.4 Å². The lowest BCUT2D eigenvalue weighted by atomic mass is 9.91. The standard InChI is InChI=1S/C20H25FN3O/c21-16-4-1-7-19(12-16)25-20-13-18(14-22-15-20)24-9-3-8-23(10-11-24)17-5-2-6-17/h1,4,7,12-13,17,22H,2-3,5-6,8-11,15H2. The molecule has 2 heterocycles. The molecule has 0 atom stereocenters. The van der Waals surface area contributed by atoms with Crippen molar-refractivity contribution in [1.29, 1.82) is 0 Å². The highest BCUT2D eigenvalue weighted by Gasteiger charge is 2.27. The first-order chi connectivity index (χ1) is 12.3. The van der Waals surface area contributed by atoms with E-state index in [9.17, 15) is 4.39 Å². The maximum Gasteiger partial charge on any atom is 0.129 e. The fraction of sp³-hybridized carbons (Fsp3) is 0.500. The van der Waals surface area contributed by atoms with Crippen molar-refractivity contribution in [2.75, 3.05) is 32.7 Å². The van der Waals surface area contributed by atoms with E-state index in [0.29, 0.717) is 12.3 Å². The monoisotopic (exact) mass is 342 g/mol. The Labute approximate surface area is 148 Å². The summed E-state index contributed by atoms with van der Waals surface area (Å²) < 4.78 is 19.2. The normalized spacial score (nSPS) is 22.4. The number of nitrogens with zero attached hydrogens (tertiary/aromatic N) is 2. The summed E-state index contributed by atoms with van der Waals surface area (Å²) in [4.78, 5) is 5.02. The maximum absolute atomic E-state index is 13.3. The molecule has 1 saturated heterocycles. The van der Waals surface area contributed by atoms with E-state index in [1.807, 2.05) is 6.08 Å². The molecular weight excluding hydrogens is 317 g/mol. The molecule has 0 amide bonds. The van der Waals surface area contributed by atoms with E-state index in [1.54, 1.807) is 12.1 Å². The molecule has 3 aliphatic rings. The van der Waals surface area contributed by atoms with Gasteiger partial charge < -0.3 is 15.0 Å². The molecule has 0 unspecified atom stereocenters. The quantitative estimate of drug-likeness (QED) is 0.911. The van der Waals surface area contributed by atoms with Gasteiger partial charge in [-0.3, -0.25) is 4.90 Å². The average Bonchev–Trinajstić information content (AvgIpc) is 2.80. The molecule has 1 radical (unpaired) electrons. The van der Waals surface area contributed by atoms with Crippen molar-refractivity contribution in [2.45, 2.75) is 31.7 Å². The van der Waals surface area contributed by atoms with Crippen LogP contribution in [0, 0.1) is 12.0 Å². The van der Waals surface area contributed by atoms with E-state index in [-0.39, 0.29) is 5.82 Å². The molecule has 133 valence electrons. The van der Waals surface area contributed by atoms with Crippen LogP contribution >= 0.6 is 0 Å². The van der Waals surface area contributed by atoms with Crippen LogP contribution in [0.5, 0.6) is 5.75 Å². The smallest absolute Gasteiger partial charge is 0.129 e. The van der Waals surface area contributed by atoms with Crippen molar-refractivity contribution in [3.05, 3.63) is 53.8 Å². The Morgan fingerprint density at radius 1 is 1.12 bits per heavy atom. The molecule has 25 heavy (non-hydrogen) atoms. The number of nitrogens with one attached hydrogen (secondary N) is 1. The second kappa shape index (κ2) is 7.48. The van der Waals surface area contributed by atoms with Crippen LogP contribution in [-0.2, 0) is 0 Å². The largest absolute Gasteiger partial charge is 0.460 e. The Kier molecular flexibility index (Phi) is 4.92. The topological polar surface area (TPSA) is 27.7 Å². The number of ether oxygens (including phenoxy) is 1. The molecule has 0 aromatic heterocycles. The average molecular weight is 342 g/mol. The molecule has 4 nitrogen and oxygen atoms in total. The molecule has 2 aliphatic heterocycles. The van der Waals surface area contributed by atoms with Gasteiger partial charge in [0.2, 0.25) is 0 Å². The number of allylic oxidation sites excluding steroid dienone is 1. The second-order valence-corrected chi connectivity index (χ2v) is 7.00. The van der Waals surface area contributed by atoms with Gasteiger partial charge in [0.25, 0.3) is 0 Å². The molecule has 0 spiro atoms. The van der Waals surface area contributed by atoms with Gasteiger partial charge in [-0.1, -0.05) is 12.5 Å². The molecule has 1 aliphatic carbocycles. The highest BCUT2D eigenvalue weighted by molar-refractivity contribution is 5.29. The first-order valence-corrected chi connectivity index (χ1v) is 9.27. The Hall–Kier alpha value is -2.01. The number of halogens is 1. The van der Waals surface area contributed by atoms with Crippen LogP contribution in [0.15, 0.2) is 41.8 Å². The predicted molar refractivity (Wildman–Crippen MR) is 95.3 cm³/mol. The van der Waals surface area contributed by atoms with Crippen molar-refractivity contribution in [3.63, 3.8) is 0 Å². The second-order valence-electron chi connectivity index (χ2n) is 7.00. The minimum absolute atomic E-state index is 0.284. The van der Waals surface area contributed by atoms with E-state index in [4.69, 9.17) is 4.74 Å². The van der Waals surface area contributed by atoms with E-state index in [2.05, 4.69) is 21.3 Å². The van der Waals surface area contributed by atoms with Crippen molar-refractivity contribution in [3.8, 4) is 5.75 Å². The lowest BCUT2D eigenvalue weighted by molar-refractivity contribution is 0.133. The molecule has 1 N–H and O–H groups in total. The van der Waals surface area contributed by atoms with E-state index in [1.165, 1.54) is 44.4 Å². The SMILES string of the molecule is Fc1cccc(OC2=CC(N3CCCN(C4CCC4)CC3)=[C]NC2)c1. The summed E-state index contributed by atoms with van der Waals surface area (Å²) in [5.74, 6) is 1.04. The highest BCUT2D eigenvalue weighted by atomic mass is 19.1. The van der Waals surface area contributed by atoms with Crippen LogP contribution in [0.1, 0.15) is 25.7 Å². The highest BCUT2D eigenvalue weighted by Crippen LogP contribution is 2.26. The zero-order valence-electron chi connectivity index (χ0n) is 14.5. The Bertz CT molecular complexity index is 669. The molecule has 1 aromatic rings. The molecule has 0 bridgehead atoms. The summed E-state index contributed by atoms with van der Waals surface area (Å²) in [5.41, 5.74) is 1.04. The van der Waals surface area contributed by atoms with Gasteiger partial charge in [-0.25, -0.2) is 4.39 Å². The van der Waals surface area contributed by atoms with Crippen molar-refractivity contribution in [2.24, 2.45) is 0 Å². The number of benzene rings is 1. The summed E-state index contributed by atoms with van der Waals surface area (Å²) in [5, 5.41) is 3.16. The van der Waals surface area contributed by atoms with Crippen molar-refractivity contribution in [1.82, 2.24) is 15.1 Å². The molecule has 5 heteroatoms. The zero-order chi connectivity index (χ0) is 17.1. The van der Waals surface area contributed by atoms with Gasteiger partial charge in [-0.15, -0.1) is 0 Å². The first kappa shape index (κ1) is 16.5. The summed E-state index contributed by atoms with van der Waals surface area (Å²) >= 11 is 0. The van der Waals surface area contributed by atoms with Gasteiger partial charge in [0.1, 0.15) is 17.3 Å². The predicted octanol–water partition coefficient (Wildman–Crippen LogP) is 2.90. The summed E-state index contributed by atoms with van der Waals surface area (Å²) in [6.07, 6.45) is 10.6. The van der Waals surface area contributed by atoms with Gasteiger partial charge in [-0.05, 0) is 31.4 Å². The Morgan fingerprint density at radius 3 is 2.84 bits per heavy atom. The van der Waals surface area contributed by atoms with Crippen LogP contribution < -0.4 is 10.1 Å². The van der Waals surface area contributed by atoms with Gasteiger partial charge in [0.15, 0.2) is 0 Å². The first-order valence-electron chi connectivity index (χ1n) is 9.27. The molecule has 1 saturated carbocycles. The third-order valence-corrected chi connectivity index (χ3v) is 5.28. The maximum atomic E-state index is 13.3. The third kappa shape index (κ3) is 3.98. The minimum atomic E-state index is -0.284. The summed E-state index contributed by atoms with van der Waals surface area (Å²) in [6.45, 7) is 4.94. The zero-order valence-corrected chi connectivity index (χ0v) is 14.5. The third-order valence-electron chi connectivity index (χ3n) is 5.28. The Balaban J connectivity index is 1.39. The lowest BCUT2D eigenvalue weighted by Crippen LogP contribution is -2.42. The molecular formula is C20H25FN3O. The van der Waals surface area contributed by atoms with Gasteiger partial charge >= 0.3 is 0 Å². The molecule has 2 fully saturated rings. The fourth-order valence-electron chi connectivity index (χ4n) is 3.67. The van der Waals surface area contributed by atoms with Gasteiger partial charge in [-0.2, -0.15) is 0 Å². The van der Waals surface area contributed by atoms with E-state index < -0.39 is 0 Å². The lowest BCUT2D eigenvalue weighted by Gasteiger charge is -2.36. The number of hydrogen-bond acceptors (Lipinski definition) is 4. The van der Waals surface area contributed by atoms with Crippen LogP contribution in [0.2, 0.25) is 0 Å². The number of dihydropyridines is 1. The van der Waals surface area contributed by atoms with E-state index in [0.717, 1.165) is 37.1 Å². The van der Waals surface area contributed by atoms with Crippen LogP contribution in [0.3, 0.4) is 0 Å². The number of rotatable bonds is 4. The summed E-state index contributed by atoms with van der Waals surface area (Å²) in [7, 11) is 0. The Morgan fingerprint density at radius 2 is 2.04 bits per heavy atom. The van der Waals surface area contributed by atoms with Crippen LogP contribution in [0.4, 0.5) is 4.39 Å². The van der Waals surface area contributed by atoms with Crippen molar-refractivity contribution < 1.29 is 9.13 Å². The van der Waals surface area contributed by atoms with E-state index >= 15 is 0 Å². The van der Waals surface area contributed by atoms with Gasteiger partial charge in [0.05, 0.1) is 18.4 Å².